The lowest BCUT2D eigenvalue weighted by Crippen LogP contribution is -2.41. The molecule has 3 heterocycles. The van der Waals surface area contributed by atoms with Gasteiger partial charge in [0, 0.05) is 54.1 Å². The number of morpholine rings is 1. The fraction of sp³-hybridized carbons (Fsp3) is 0.500. The molecule has 2 N–H and O–H groups in total. The van der Waals surface area contributed by atoms with E-state index in [1.54, 1.807) is 11.8 Å². The van der Waals surface area contributed by atoms with Crippen LogP contribution < -0.4 is 0 Å². The van der Waals surface area contributed by atoms with Crippen molar-refractivity contribution in [2.75, 3.05) is 38.6 Å². The van der Waals surface area contributed by atoms with Gasteiger partial charge in [-0.25, -0.2) is 0 Å². The summed E-state index contributed by atoms with van der Waals surface area (Å²) >= 11 is 1.61. The molecule has 0 radical (unpaired) electrons. The van der Waals surface area contributed by atoms with Crippen LogP contribution in [-0.2, 0) is 4.74 Å². The zero-order valence-electron chi connectivity index (χ0n) is 15.8. The number of aliphatic hydroxyl groups is 1. The molecule has 5 rings (SSSR count). The monoisotopic (exact) mass is 399 g/mol. The first-order valence-electron chi connectivity index (χ1n) is 9.92. The van der Waals surface area contributed by atoms with Gasteiger partial charge in [-0.1, -0.05) is 30.0 Å². The van der Waals surface area contributed by atoms with Gasteiger partial charge in [-0.3, -0.25) is 9.47 Å². The van der Waals surface area contributed by atoms with Crippen molar-refractivity contribution in [2.45, 2.75) is 30.1 Å². The number of ether oxygens (including phenoxy) is 1. The van der Waals surface area contributed by atoms with Crippen LogP contribution in [0, 0.1) is 0 Å². The molecule has 2 fully saturated rings. The molecule has 7 nitrogen and oxygen atoms in total. The Morgan fingerprint density at radius 2 is 2.04 bits per heavy atom. The summed E-state index contributed by atoms with van der Waals surface area (Å²) in [7, 11) is 0. The molecular formula is C20H25N5O2S. The van der Waals surface area contributed by atoms with Gasteiger partial charge in [0.05, 0.1) is 19.3 Å². The van der Waals surface area contributed by atoms with Gasteiger partial charge in [-0.05, 0) is 18.9 Å². The first-order chi connectivity index (χ1) is 13.8. The lowest BCUT2D eigenvalue weighted by atomic mass is 10.1. The van der Waals surface area contributed by atoms with E-state index < -0.39 is 0 Å². The second-order valence-electron chi connectivity index (χ2n) is 7.53. The van der Waals surface area contributed by atoms with Crippen molar-refractivity contribution in [3.05, 3.63) is 30.5 Å². The van der Waals surface area contributed by atoms with E-state index in [0.717, 1.165) is 61.2 Å². The largest absolute Gasteiger partial charge is 0.391 e. The minimum atomic E-state index is -0.385. The molecule has 1 unspecified atom stereocenters. The third-order valence-electron chi connectivity index (χ3n) is 5.38. The summed E-state index contributed by atoms with van der Waals surface area (Å²) in [5, 5.41) is 21.6. The van der Waals surface area contributed by atoms with Gasteiger partial charge in [0.25, 0.3) is 0 Å². The van der Waals surface area contributed by atoms with Crippen LogP contribution in [0.3, 0.4) is 0 Å². The summed E-state index contributed by atoms with van der Waals surface area (Å²) < 4.78 is 7.64. The van der Waals surface area contributed by atoms with Gasteiger partial charge >= 0.3 is 0 Å². The SMILES string of the molecule is OC(CSc1nnc(-c2c[nH]c3ccccc23)n1C1CC1)CN1CCOCC1. The quantitative estimate of drug-likeness (QED) is 0.595. The van der Waals surface area contributed by atoms with Crippen molar-refractivity contribution >= 4 is 22.7 Å². The van der Waals surface area contributed by atoms with Crippen LogP contribution in [0.2, 0.25) is 0 Å². The number of benzene rings is 1. The molecule has 0 spiro atoms. The number of rotatable bonds is 7. The van der Waals surface area contributed by atoms with Gasteiger partial charge < -0.3 is 14.8 Å². The van der Waals surface area contributed by atoms with Gasteiger partial charge in [0.1, 0.15) is 0 Å². The number of aromatic amines is 1. The number of thioether (sulfide) groups is 1. The van der Waals surface area contributed by atoms with E-state index in [1.165, 1.54) is 5.39 Å². The number of fused-ring (bicyclic) bond motifs is 1. The Balaban J connectivity index is 1.33. The Labute approximate surface area is 168 Å². The average molecular weight is 400 g/mol. The highest BCUT2D eigenvalue weighted by molar-refractivity contribution is 7.99. The van der Waals surface area contributed by atoms with Crippen molar-refractivity contribution in [2.24, 2.45) is 0 Å². The highest BCUT2D eigenvalue weighted by atomic mass is 32.2. The van der Waals surface area contributed by atoms with E-state index in [1.807, 2.05) is 12.3 Å². The predicted molar refractivity (Wildman–Crippen MR) is 110 cm³/mol. The predicted octanol–water partition coefficient (Wildman–Crippen LogP) is 2.55. The van der Waals surface area contributed by atoms with Crippen LogP contribution in [0.1, 0.15) is 18.9 Å². The zero-order valence-corrected chi connectivity index (χ0v) is 16.6. The molecule has 0 bridgehead atoms. The van der Waals surface area contributed by atoms with Crippen molar-refractivity contribution in [1.29, 1.82) is 0 Å². The molecule has 2 aliphatic rings. The molecule has 3 aromatic rings. The lowest BCUT2D eigenvalue weighted by molar-refractivity contribution is 0.0188. The summed E-state index contributed by atoms with van der Waals surface area (Å²) in [6.07, 6.45) is 3.97. The first kappa shape index (κ1) is 18.2. The number of hydrogen-bond donors (Lipinski definition) is 2. The highest BCUT2D eigenvalue weighted by Crippen LogP contribution is 2.42. The van der Waals surface area contributed by atoms with E-state index in [0.29, 0.717) is 18.3 Å². The Morgan fingerprint density at radius 3 is 2.86 bits per heavy atom. The molecular weight excluding hydrogens is 374 g/mol. The molecule has 2 aromatic heterocycles. The Kier molecular flexibility index (Phi) is 5.11. The Hall–Kier alpha value is -1.87. The minimum absolute atomic E-state index is 0.385. The van der Waals surface area contributed by atoms with Crippen molar-refractivity contribution in [3.63, 3.8) is 0 Å². The third-order valence-corrected chi connectivity index (χ3v) is 6.47. The summed E-state index contributed by atoms with van der Waals surface area (Å²) in [4.78, 5) is 5.60. The molecule has 1 aliphatic heterocycles. The Bertz CT molecular complexity index is 945. The van der Waals surface area contributed by atoms with Gasteiger partial charge in [-0.2, -0.15) is 0 Å². The maximum Gasteiger partial charge on any atom is 0.191 e. The fourth-order valence-corrected chi connectivity index (χ4v) is 4.70. The molecule has 8 heteroatoms. The van der Waals surface area contributed by atoms with E-state index >= 15 is 0 Å². The highest BCUT2D eigenvalue weighted by Gasteiger charge is 2.31. The maximum absolute atomic E-state index is 10.5. The van der Waals surface area contributed by atoms with E-state index in [2.05, 4.69) is 42.8 Å². The molecule has 148 valence electrons. The van der Waals surface area contributed by atoms with Crippen LogP contribution >= 0.6 is 11.8 Å². The molecule has 28 heavy (non-hydrogen) atoms. The fourth-order valence-electron chi connectivity index (χ4n) is 3.78. The lowest BCUT2D eigenvalue weighted by Gasteiger charge is -2.28. The minimum Gasteiger partial charge on any atom is -0.391 e. The first-order valence-corrected chi connectivity index (χ1v) is 10.9. The average Bonchev–Trinajstić information content (AvgIpc) is 3.33. The number of aromatic nitrogens is 4. The molecule has 1 saturated heterocycles. The van der Waals surface area contributed by atoms with E-state index in [9.17, 15) is 5.11 Å². The van der Waals surface area contributed by atoms with E-state index in [-0.39, 0.29) is 6.10 Å². The van der Waals surface area contributed by atoms with Gasteiger partial charge in [-0.15, -0.1) is 10.2 Å². The van der Waals surface area contributed by atoms with Crippen molar-refractivity contribution in [3.8, 4) is 11.4 Å². The topological polar surface area (TPSA) is 79.2 Å². The van der Waals surface area contributed by atoms with Crippen molar-refractivity contribution < 1.29 is 9.84 Å². The third kappa shape index (κ3) is 3.69. The molecule has 0 amide bonds. The van der Waals surface area contributed by atoms with Crippen LogP contribution in [0.4, 0.5) is 0 Å². The number of β-amino-alcohol motifs (C(OH)–C–C–N with tert-alkyl or cyclic N) is 1. The van der Waals surface area contributed by atoms with Gasteiger partial charge in [0.15, 0.2) is 11.0 Å². The number of aliphatic hydroxyl groups excluding tert-OH is 1. The number of nitrogens with one attached hydrogen (secondary N) is 1. The number of nitrogens with zero attached hydrogens (tertiary/aromatic N) is 4. The molecule has 1 atom stereocenters. The van der Waals surface area contributed by atoms with Crippen LogP contribution in [0.5, 0.6) is 0 Å². The Morgan fingerprint density at radius 1 is 1.21 bits per heavy atom. The summed E-state index contributed by atoms with van der Waals surface area (Å²) in [6, 6.07) is 8.75. The summed E-state index contributed by atoms with van der Waals surface area (Å²) in [6.45, 7) is 3.98. The molecule has 1 saturated carbocycles. The number of para-hydroxylation sites is 1. The molecule has 1 aliphatic carbocycles. The number of hydrogen-bond acceptors (Lipinski definition) is 6. The van der Waals surface area contributed by atoms with E-state index in [4.69, 9.17) is 4.74 Å². The molecule has 1 aromatic carbocycles. The van der Waals surface area contributed by atoms with Crippen LogP contribution in [-0.4, -0.2) is 74.5 Å². The summed E-state index contributed by atoms with van der Waals surface area (Å²) in [5.74, 6) is 1.54. The standard InChI is InChI=1S/C20H25N5O2S/c26-15(12-24-7-9-27-10-8-24)13-28-20-23-22-19(25(20)14-5-6-14)17-11-21-18-4-2-1-3-16(17)18/h1-4,11,14-15,21,26H,5-10,12-13H2. The second kappa shape index (κ2) is 7.87. The van der Waals surface area contributed by atoms with Crippen molar-refractivity contribution in [1.82, 2.24) is 24.6 Å². The summed E-state index contributed by atoms with van der Waals surface area (Å²) in [5.41, 5.74) is 2.20. The number of H-pyrrole nitrogens is 1. The second-order valence-corrected chi connectivity index (χ2v) is 8.52. The van der Waals surface area contributed by atoms with Gasteiger partial charge in [0.2, 0.25) is 0 Å². The smallest absolute Gasteiger partial charge is 0.191 e. The maximum atomic E-state index is 10.5. The zero-order chi connectivity index (χ0) is 18.9. The van der Waals surface area contributed by atoms with Crippen LogP contribution in [0.25, 0.3) is 22.3 Å². The normalized spacial score (nSPS) is 19.3. The van der Waals surface area contributed by atoms with Crippen LogP contribution in [0.15, 0.2) is 35.6 Å².